The number of hydrogen-bond acceptors (Lipinski definition) is 3. The van der Waals surface area contributed by atoms with Gasteiger partial charge in [-0.1, -0.05) is 18.5 Å². The number of hydrogen-bond donors (Lipinski definition) is 1. The molecule has 130 valence electrons. The number of alkyl halides is 3. The van der Waals surface area contributed by atoms with Crippen LogP contribution in [0, 0.1) is 23.2 Å². The summed E-state index contributed by atoms with van der Waals surface area (Å²) in [5, 5.41) is 15.6. The first-order chi connectivity index (χ1) is 11.7. The Morgan fingerprint density at radius 1 is 1.48 bits per heavy atom. The van der Waals surface area contributed by atoms with E-state index in [1.165, 1.54) is 6.20 Å². The lowest BCUT2D eigenvalue weighted by Crippen LogP contribution is -2.18. The maximum atomic E-state index is 12.8. The number of rotatable bonds is 3. The van der Waals surface area contributed by atoms with Gasteiger partial charge in [-0.25, -0.2) is 4.68 Å². The molecule has 1 aliphatic rings. The summed E-state index contributed by atoms with van der Waals surface area (Å²) in [4.78, 5) is 12.2. The summed E-state index contributed by atoms with van der Waals surface area (Å²) in [5.41, 5.74) is -0.667. The smallest absolute Gasteiger partial charge is 0.309 e. The van der Waals surface area contributed by atoms with Gasteiger partial charge in [0.25, 0.3) is 0 Å². The fourth-order valence-electron chi connectivity index (χ4n) is 2.49. The van der Waals surface area contributed by atoms with Crippen molar-refractivity contribution in [1.29, 1.82) is 5.26 Å². The molecular weight excluding hydrogens is 357 g/mol. The molecule has 1 aliphatic carbocycles. The second kappa shape index (κ2) is 6.08. The van der Waals surface area contributed by atoms with Crippen LogP contribution in [0.1, 0.15) is 24.5 Å². The van der Waals surface area contributed by atoms with Gasteiger partial charge in [0.1, 0.15) is 11.6 Å². The van der Waals surface area contributed by atoms with Gasteiger partial charge in [0.05, 0.1) is 22.5 Å². The van der Waals surface area contributed by atoms with E-state index < -0.39 is 11.7 Å². The van der Waals surface area contributed by atoms with Crippen LogP contribution in [-0.4, -0.2) is 15.7 Å². The third-order valence-corrected chi connectivity index (χ3v) is 4.38. The minimum absolute atomic E-state index is 0.0910. The molecule has 9 heteroatoms. The minimum Gasteiger partial charge on any atom is -0.309 e. The number of anilines is 1. The van der Waals surface area contributed by atoms with Crippen LogP contribution < -0.4 is 5.32 Å². The highest BCUT2D eigenvalue weighted by Gasteiger charge is 2.39. The molecule has 25 heavy (non-hydrogen) atoms. The Kier molecular flexibility index (Phi) is 4.21. The van der Waals surface area contributed by atoms with E-state index in [9.17, 15) is 23.2 Å². The number of nitriles is 1. The van der Waals surface area contributed by atoms with Crippen LogP contribution in [0.3, 0.4) is 0 Å². The Bertz CT molecular complexity index is 884. The van der Waals surface area contributed by atoms with Crippen molar-refractivity contribution in [3.05, 3.63) is 40.5 Å². The van der Waals surface area contributed by atoms with Crippen LogP contribution in [0.15, 0.2) is 24.4 Å². The van der Waals surface area contributed by atoms with Crippen molar-refractivity contribution in [3.63, 3.8) is 0 Å². The number of amides is 1. The molecule has 0 spiro atoms. The molecule has 2 unspecified atom stereocenters. The average molecular weight is 369 g/mol. The molecule has 1 aromatic heterocycles. The lowest BCUT2D eigenvalue weighted by Gasteiger charge is -2.13. The number of benzene rings is 1. The molecule has 1 N–H and O–H groups in total. The third kappa shape index (κ3) is 3.33. The zero-order valence-electron chi connectivity index (χ0n) is 12.9. The maximum absolute atomic E-state index is 12.8. The van der Waals surface area contributed by atoms with Crippen molar-refractivity contribution >= 4 is 23.3 Å². The summed E-state index contributed by atoms with van der Waals surface area (Å²) in [6.07, 6.45) is -2.55. The number of carbonyl (C=O) groups excluding carboxylic acids is 1. The van der Waals surface area contributed by atoms with Crippen LogP contribution in [0.25, 0.3) is 5.69 Å². The molecule has 1 saturated carbocycles. The quantitative estimate of drug-likeness (QED) is 0.889. The van der Waals surface area contributed by atoms with Crippen molar-refractivity contribution < 1.29 is 18.0 Å². The molecule has 0 saturated heterocycles. The topological polar surface area (TPSA) is 70.7 Å². The minimum atomic E-state index is -4.52. The second-order valence-electron chi connectivity index (χ2n) is 5.90. The van der Waals surface area contributed by atoms with Crippen LogP contribution in [-0.2, 0) is 11.0 Å². The highest BCUT2D eigenvalue weighted by Crippen LogP contribution is 2.39. The van der Waals surface area contributed by atoms with E-state index in [1.54, 1.807) is 0 Å². The zero-order chi connectivity index (χ0) is 18.4. The largest absolute Gasteiger partial charge is 0.416 e. The van der Waals surface area contributed by atoms with Gasteiger partial charge < -0.3 is 5.32 Å². The van der Waals surface area contributed by atoms with E-state index >= 15 is 0 Å². The molecule has 0 aliphatic heterocycles. The van der Waals surface area contributed by atoms with E-state index in [4.69, 9.17) is 11.6 Å². The predicted molar refractivity (Wildman–Crippen MR) is 84.2 cm³/mol. The van der Waals surface area contributed by atoms with Gasteiger partial charge in [0.2, 0.25) is 5.91 Å². The second-order valence-corrected chi connectivity index (χ2v) is 6.31. The van der Waals surface area contributed by atoms with Gasteiger partial charge in [0, 0.05) is 5.92 Å². The van der Waals surface area contributed by atoms with Gasteiger partial charge in [-0.05, 0) is 30.5 Å². The summed E-state index contributed by atoms with van der Waals surface area (Å²) in [7, 11) is 0. The Labute approximate surface area is 146 Å². The summed E-state index contributed by atoms with van der Waals surface area (Å²) in [6.45, 7) is 1.93. The molecule has 1 aromatic carbocycles. The number of halogens is 4. The van der Waals surface area contributed by atoms with E-state index in [2.05, 4.69) is 10.4 Å². The average Bonchev–Trinajstić information content (AvgIpc) is 3.14. The molecule has 1 fully saturated rings. The van der Waals surface area contributed by atoms with Crippen molar-refractivity contribution in [2.24, 2.45) is 11.8 Å². The lowest BCUT2D eigenvalue weighted by atomic mass is 10.2. The summed E-state index contributed by atoms with van der Waals surface area (Å²) in [5.74, 6) is -0.0448. The van der Waals surface area contributed by atoms with Crippen LogP contribution in [0.4, 0.5) is 19.0 Å². The van der Waals surface area contributed by atoms with E-state index in [1.807, 2.05) is 13.0 Å². The zero-order valence-corrected chi connectivity index (χ0v) is 13.7. The highest BCUT2D eigenvalue weighted by molar-refractivity contribution is 6.32. The van der Waals surface area contributed by atoms with Gasteiger partial charge >= 0.3 is 6.18 Å². The number of aromatic nitrogens is 2. The Morgan fingerprint density at radius 2 is 2.16 bits per heavy atom. The Morgan fingerprint density at radius 3 is 2.68 bits per heavy atom. The van der Waals surface area contributed by atoms with Crippen LogP contribution >= 0.6 is 11.6 Å². The Hall–Kier alpha value is -2.53. The molecule has 3 rings (SSSR count). The molecule has 1 heterocycles. The van der Waals surface area contributed by atoms with Gasteiger partial charge in [0.15, 0.2) is 5.82 Å². The number of nitrogens with one attached hydrogen (secondary N) is 1. The van der Waals surface area contributed by atoms with Crippen molar-refractivity contribution in [2.45, 2.75) is 19.5 Å². The molecule has 2 aromatic rings. The van der Waals surface area contributed by atoms with Gasteiger partial charge in [-0.2, -0.15) is 23.5 Å². The fraction of sp³-hybridized carbons (Fsp3) is 0.312. The van der Waals surface area contributed by atoms with E-state index in [0.717, 1.165) is 29.3 Å². The number of nitrogens with zero attached hydrogens (tertiary/aromatic N) is 3. The molecular formula is C16H12ClF3N4O. The number of carbonyl (C=O) groups is 1. The predicted octanol–water partition coefficient (Wildman–Crippen LogP) is 4.01. The Balaban J connectivity index is 1.99. The van der Waals surface area contributed by atoms with Crippen molar-refractivity contribution in [1.82, 2.24) is 9.78 Å². The maximum Gasteiger partial charge on any atom is 0.416 e. The molecule has 1 amide bonds. The monoisotopic (exact) mass is 368 g/mol. The van der Waals surface area contributed by atoms with Crippen LogP contribution in [0.2, 0.25) is 5.02 Å². The first-order valence-corrected chi connectivity index (χ1v) is 7.76. The standard InChI is InChI=1S/C16H12ClF3N4O/c1-8-4-11(8)15(25)23-14-9(6-21)7-22-24(14)13-3-2-10(5-12(13)17)16(18,19)20/h2-3,5,7-8,11H,4H2,1H3,(H,23,25). The summed E-state index contributed by atoms with van der Waals surface area (Å²) < 4.78 is 39.4. The molecule has 0 radical (unpaired) electrons. The lowest BCUT2D eigenvalue weighted by molar-refractivity contribution is -0.137. The van der Waals surface area contributed by atoms with Gasteiger partial charge in [-0.15, -0.1) is 0 Å². The fourth-order valence-corrected chi connectivity index (χ4v) is 2.75. The van der Waals surface area contributed by atoms with E-state index in [-0.39, 0.29) is 39.8 Å². The molecule has 2 atom stereocenters. The molecule has 5 nitrogen and oxygen atoms in total. The van der Waals surface area contributed by atoms with Crippen molar-refractivity contribution in [3.8, 4) is 11.8 Å². The highest BCUT2D eigenvalue weighted by atomic mass is 35.5. The van der Waals surface area contributed by atoms with Gasteiger partial charge in [-0.3, -0.25) is 4.79 Å². The van der Waals surface area contributed by atoms with Crippen LogP contribution in [0.5, 0.6) is 0 Å². The third-order valence-electron chi connectivity index (χ3n) is 4.08. The summed E-state index contributed by atoms with van der Waals surface area (Å²) >= 11 is 5.97. The first kappa shape index (κ1) is 17.3. The molecule has 0 bridgehead atoms. The van der Waals surface area contributed by atoms with Crippen molar-refractivity contribution in [2.75, 3.05) is 5.32 Å². The summed E-state index contributed by atoms with van der Waals surface area (Å²) in [6, 6.07) is 4.68. The SMILES string of the molecule is CC1CC1C(=O)Nc1c(C#N)cnn1-c1ccc(C(F)(F)F)cc1Cl. The normalized spacial score (nSPS) is 19.4. The van der Waals surface area contributed by atoms with E-state index in [0.29, 0.717) is 0 Å². The first-order valence-electron chi connectivity index (χ1n) is 7.38.